The van der Waals surface area contributed by atoms with Gasteiger partial charge in [-0.25, -0.2) is 18.4 Å². The number of esters is 1. The van der Waals surface area contributed by atoms with Gasteiger partial charge in [-0.3, -0.25) is 0 Å². The Kier molecular flexibility index (Phi) is 2.12. The highest BCUT2D eigenvalue weighted by molar-refractivity contribution is 7.89. The minimum absolute atomic E-state index is 0.0161. The van der Waals surface area contributed by atoms with Gasteiger partial charge in [0.05, 0.1) is 10.5 Å². The molecule has 1 aromatic rings. The lowest BCUT2D eigenvalue weighted by atomic mass is 9.96. The molecule has 1 aromatic carbocycles. The lowest BCUT2D eigenvalue weighted by Crippen LogP contribution is -2.17. The van der Waals surface area contributed by atoms with Gasteiger partial charge in [-0.05, 0) is 32.0 Å². The molecular weight excluding hydrogens is 230 g/mol. The van der Waals surface area contributed by atoms with E-state index in [0.29, 0.717) is 11.1 Å². The average Bonchev–Trinajstić information content (AvgIpc) is 2.36. The summed E-state index contributed by atoms with van der Waals surface area (Å²) in [6.07, 6.45) is 0. The van der Waals surface area contributed by atoms with Gasteiger partial charge in [0.2, 0.25) is 10.0 Å². The molecule has 0 fully saturated rings. The van der Waals surface area contributed by atoms with E-state index in [-0.39, 0.29) is 4.90 Å². The van der Waals surface area contributed by atoms with Crippen LogP contribution in [0.15, 0.2) is 23.1 Å². The molecule has 0 saturated carbocycles. The monoisotopic (exact) mass is 241 g/mol. The lowest BCUT2D eigenvalue weighted by molar-refractivity contribution is 0.00951. The van der Waals surface area contributed by atoms with E-state index in [1.165, 1.54) is 18.2 Å². The number of primary sulfonamides is 1. The molecule has 0 bridgehead atoms. The van der Waals surface area contributed by atoms with Crippen molar-refractivity contribution in [1.82, 2.24) is 0 Å². The van der Waals surface area contributed by atoms with Gasteiger partial charge in [0.1, 0.15) is 5.60 Å². The number of rotatable bonds is 1. The molecule has 0 radical (unpaired) electrons. The van der Waals surface area contributed by atoms with Gasteiger partial charge in [0.25, 0.3) is 0 Å². The van der Waals surface area contributed by atoms with Crippen molar-refractivity contribution in [3.05, 3.63) is 29.3 Å². The second-order valence-electron chi connectivity index (χ2n) is 4.15. The van der Waals surface area contributed by atoms with E-state index in [2.05, 4.69) is 0 Å². The van der Waals surface area contributed by atoms with Gasteiger partial charge in [-0.2, -0.15) is 0 Å². The zero-order valence-electron chi connectivity index (χ0n) is 8.85. The van der Waals surface area contributed by atoms with Crippen LogP contribution in [0.25, 0.3) is 0 Å². The maximum absolute atomic E-state index is 11.4. The summed E-state index contributed by atoms with van der Waals surface area (Å²) in [5.74, 6) is -0.444. The Labute approximate surface area is 93.3 Å². The number of carbonyl (C=O) groups excluding carboxylic acids is 1. The van der Waals surface area contributed by atoms with Crippen LogP contribution >= 0.6 is 0 Å². The van der Waals surface area contributed by atoms with Crippen LogP contribution in [0.5, 0.6) is 0 Å². The Hall–Kier alpha value is -1.40. The fraction of sp³-hybridized carbons (Fsp3) is 0.300. The van der Waals surface area contributed by atoms with Gasteiger partial charge in [-0.15, -0.1) is 0 Å². The van der Waals surface area contributed by atoms with Crippen molar-refractivity contribution in [1.29, 1.82) is 0 Å². The lowest BCUT2D eigenvalue weighted by Gasteiger charge is -2.17. The van der Waals surface area contributed by atoms with E-state index in [9.17, 15) is 13.2 Å². The third kappa shape index (κ3) is 1.60. The molecule has 0 amide bonds. The summed E-state index contributed by atoms with van der Waals surface area (Å²) in [6, 6.07) is 4.11. The molecule has 1 aliphatic rings. The third-order valence-corrected chi connectivity index (χ3v) is 3.45. The first-order valence-corrected chi connectivity index (χ1v) is 6.17. The fourth-order valence-corrected chi connectivity index (χ4v) is 2.26. The van der Waals surface area contributed by atoms with Crippen molar-refractivity contribution in [2.24, 2.45) is 5.14 Å². The zero-order chi connectivity index (χ0) is 12.1. The maximum atomic E-state index is 11.4. The summed E-state index contributed by atoms with van der Waals surface area (Å²) >= 11 is 0. The van der Waals surface area contributed by atoms with Crippen molar-refractivity contribution in [2.75, 3.05) is 0 Å². The minimum Gasteiger partial charge on any atom is -0.451 e. The van der Waals surface area contributed by atoms with E-state index in [1.54, 1.807) is 13.8 Å². The quantitative estimate of drug-likeness (QED) is 0.735. The first kappa shape index (κ1) is 11.1. The van der Waals surface area contributed by atoms with Gasteiger partial charge >= 0.3 is 5.97 Å². The van der Waals surface area contributed by atoms with Gasteiger partial charge < -0.3 is 4.74 Å². The normalized spacial score (nSPS) is 18.1. The van der Waals surface area contributed by atoms with Gasteiger partial charge in [-0.1, -0.05) is 0 Å². The second-order valence-corrected chi connectivity index (χ2v) is 5.71. The molecule has 2 rings (SSSR count). The zero-order valence-corrected chi connectivity index (χ0v) is 9.67. The van der Waals surface area contributed by atoms with Crippen molar-refractivity contribution in [3.8, 4) is 0 Å². The van der Waals surface area contributed by atoms with E-state index in [1.807, 2.05) is 0 Å². The summed E-state index contributed by atoms with van der Waals surface area (Å²) < 4.78 is 27.5. The molecular formula is C10H11NO4S. The topological polar surface area (TPSA) is 86.5 Å². The number of carbonyl (C=O) groups is 1. The Morgan fingerprint density at radius 3 is 2.50 bits per heavy atom. The molecule has 86 valence electrons. The van der Waals surface area contributed by atoms with Crippen LogP contribution in [0.1, 0.15) is 29.8 Å². The first-order chi connectivity index (χ1) is 7.22. The van der Waals surface area contributed by atoms with Crippen LogP contribution in [-0.2, 0) is 20.4 Å². The van der Waals surface area contributed by atoms with Gasteiger partial charge in [0.15, 0.2) is 0 Å². The highest BCUT2D eigenvalue weighted by Gasteiger charge is 2.38. The number of hydrogen-bond acceptors (Lipinski definition) is 4. The van der Waals surface area contributed by atoms with Crippen molar-refractivity contribution >= 4 is 16.0 Å². The average molecular weight is 241 g/mol. The molecule has 5 nitrogen and oxygen atoms in total. The summed E-state index contributed by atoms with van der Waals surface area (Å²) in [6.45, 7) is 3.40. The predicted octanol–water partition coefficient (Wildman–Crippen LogP) is 0.740. The van der Waals surface area contributed by atoms with E-state index in [0.717, 1.165) is 0 Å². The highest BCUT2D eigenvalue weighted by Crippen LogP contribution is 2.36. The Bertz CT molecular complexity index is 574. The van der Waals surface area contributed by atoms with E-state index < -0.39 is 21.6 Å². The third-order valence-electron chi connectivity index (χ3n) is 2.54. The Morgan fingerprint density at radius 1 is 1.31 bits per heavy atom. The van der Waals surface area contributed by atoms with Crippen LogP contribution < -0.4 is 5.14 Å². The SMILES string of the molecule is CC1(C)OC(=O)c2ccc(S(N)(=O)=O)cc21. The van der Waals surface area contributed by atoms with Crippen molar-refractivity contribution in [3.63, 3.8) is 0 Å². The Morgan fingerprint density at radius 2 is 1.94 bits per heavy atom. The molecule has 0 spiro atoms. The molecule has 2 N–H and O–H groups in total. The van der Waals surface area contributed by atoms with E-state index >= 15 is 0 Å². The van der Waals surface area contributed by atoms with Crippen LogP contribution in [0.3, 0.4) is 0 Å². The number of benzene rings is 1. The van der Waals surface area contributed by atoms with Crippen LogP contribution in [-0.4, -0.2) is 14.4 Å². The maximum Gasteiger partial charge on any atom is 0.339 e. The fourth-order valence-electron chi connectivity index (χ4n) is 1.72. The number of sulfonamides is 1. The second kappa shape index (κ2) is 3.05. The molecule has 0 unspecified atom stereocenters. The summed E-state index contributed by atoms with van der Waals surface area (Å²) in [4.78, 5) is 11.4. The van der Waals surface area contributed by atoms with Crippen molar-refractivity contribution < 1.29 is 17.9 Å². The molecule has 1 aliphatic heterocycles. The minimum atomic E-state index is -3.76. The van der Waals surface area contributed by atoms with E-state index in [4.69, 9.17) is 9.88 Å². The van der Waals surface area contributed by atoms with Crippen LogP contribution in [0.2, 0.25) is 0 Å². The van der Waals surface area contributed by atoms with Crippen LogP contribution in [0.4, 0.5) is 0 Å². The molecule has 0 aromatic heterocycles. The van der Waals surface area contributed by atoms with Gasteiger partial charge in [0, 0.05) is 5.56 Å². The largest absolute Gasteiger partial charge is 0.451 e. The highest BCUT2D eigenvalue weighted by atomic mass is 32.2. The number of cyclic esters (lactones) is 1. The summed E-state index contributed by atoms with van der Waals surface area (Å²) in [7, 11) is -3.76. The summed E-state index contributed by atoms with van der Waals surface area (Å²) in [5.41, 5.74) is 0.119. The molecule has 16 heavy (non-hydrogen) atoms. The van der Waals surface area contributed by atoms with Crippen LogP contribution in [0, 0.1) is 0 Å². The standard InChI is InChI=1S/C10H11NO4S/c1-10(2)8-5-6(16(11,13)14)3-4-7(8)9(12)15-10/h3-5H,1-2H3,(H2,11,13,14). The number of hydrogen-bond donors (Lipinski definition) is 1. The Balaban J connectivity index is 2.69. The molecule has 1 heterocycles. The summed E-state index contributed by atoms with van der Waals surface area (Å²) in [5, 5.41) is 5.02. The number of ether oxygens (including phenoxy) is 1. The van der Waals surface area contributed by atoms with Crippen molar-refractivity contribution in [2.45, 2.75) is 24.3 Å². The molecule has 0 atom stereocenters. The molecule has 0 aliphatic carbocycles. The smallest absolute Gasteiger partial charge is 0.339 e. The number of nitrogens with two attached hydrogens (primary N) is 1. The molecule has 0 saturated heterocycles. The molecule has 6 heteroatoms. The first-order valence-electron chi connectivity index (χ1n) is 4.62. The predicted molar refractivity (Wildman–Crippen MR) is 56.3 cm³/mol. The number of fused-ring (bicyclic) bond motifs is 1.